The molecule has 6 heteroatoms. The molecule has 0 radical (unpaired) electrons. The van der Waals surface area contributed by atoms with Crippen molar-refractivity contribution in [3.63, 3.8) is 0 Å². The zero-order chi connectivity index (χ0) is 26.9. The summed E-state index contributed by atoms with van der Waals surface area (Å²) in [5.74, 6) is 0.330. The van der Waals surface area contributed by atoms with E-state index in [1.165, 1.54) is 0 Å². The molecule has 2 unspecified atom stereocenters. The lowest BCUT2D eigenvalue weighted by atomic mass is 9.92. The summed E-state index contributed by atoms with van der Waals surface area (Å²) in [6, 6.07) is 18.6. The Labute approximate surface area is 228 Å². The van der Waals surface area contributed by atoms with E-state index in [0.29, 0.717) is 27.1 Å². The second-order valence-corrected chi connectivity index (χ2v) is 10.7. The van der Waals surface area contributed by atoms with Crippen LogP contribution in [0.25, 0.3) is 5.57 Å². The molecule has 1 aliphatic rings. The molecule has 0 amide bonds. The van der Waals surface area contributed by atoms with Gasteiger partial charge in [-0.05, 0) is 83.7 Å². The Bertz CT molecular complexity index is 1370. The summed E-state index contributed by atoms with van der Waals surface area (Å²) in [4.78, 5) is 11.3. The number of carboxylic acid groups (broad SMARTS) is 1. The lowest BCUT2D eigenvalue weighted by Crippen LogP contribution is -2.15. The maximum absolute atomic E-state index is 11.3. The highest BCUT2D eigenvalue weighted by atomic mass is 35.5. The average Bonchev–Trinajstić information content (AvgIpc) is 3.64. The van der Waals surface area contributed by atoms with Crippen LogP contribution in [-0.4, -0.2) is 17.7 Å². The monoisotopic (exact) mass is 535 g/mol. The second-order valence-electron chi connectivity index (χ2n) is 9.85. The van der Waals surface area contributed by atoms with Crippen LogP contribution < -0.4 is 10.5 Å². The summed E-state index contributed by atoms with van der Waals surface area (Å²) >= 11 is 13.2. The van der Waals surface area contributed by atoms with Crippen molar-refractivity contribution in [3.05, 3.63) is 116 Å². The first-order chi connectivity index (χ1) is 17.6. The molecule has 0 spiro atoms. The molecule has 4 nitrogen and oxygen atoms in total. The summed E-state index contributed by atoms with van der Waals surface area (Å²) in [6.45, 7) is 10.6. The summed E-state index contributed by atoms with van der Waals surface area (Å²) < 4.78 is 6.16. The predicted molar refractivity (Wildman–Crippen MR) is 152 cm³/mol. The van der Waals surface area contributed by atoms with Crippen LogP contribution >= 0.6 is 23.2 Å². The molecule has 1 saturated carbocycles. The molecule has 1 aliphatic carbocycles. The third-order valence-corrected chi connectivity index (χ3v) is 7.61. The first-order valence-electron chi connectivity index (χ1n) is 12.3. The number of rotatable bonds is 9. The lowest BCUT2D eigenvalue weighted by molar-refractivity contribution is 0.0696. The van der Waals surface area contributed by atoms with Crippen molar-refractivity contribution in [2.75, 3.05) is 6.61 Å². The smallest absolute Gasteiger partial charge is 0.335 e. The van der Waals surface area contributed by atoms with E-state index < -0.39 is 5.97 Å². The van der Waals surface area contributed by atoms with Gasteiger partial charge in [-0.2, -0.15) is 0 Å². The van der Waals surface area contributed by atoms with Crippen LogP contribution in [0.2, 0.25) is 10.0 Å². The van der Waals surface area contributed by atoms with Crippen molar-refractivity contribution in [3.8, 4) is 5.75 Å². The molecular formula is C31H31Cl2NO3. The highest BCUT2D eigenvalue weighted by molar-refractivity contribution is 6.32. The van der Waals surface area contributed by atoms with Crippen LogP contribution in [0.5, 0.6) is 5.75 Å². The van der Waals surface area contributed by atoms with E-state index in [1.54, 1.807) is 18.2 Å². The fourth-order valence-corrected chi connectivity index (χ4v) is 5.37. The van der Waals surface area contributed by atoms with Gasteiger partial charge in [0.2, 0.25) is 0 Å². The van der Waals surface area contributed by atoms with Gasteiger partial charge in [0.05, 0.1) is 5.56 Å². The van der Waals surface area contributed by atoms with Gasteiger partial charge < -0.3 is 15.6 Å². The van der Waals surface area contributed by atoms with Gasteiger partial charge >= 0.3 is 5.97 Å². The highest BCUT2D eigenvalue weighted by Gasteiger charge is 2.40. The second kappa shape index (κ2) is 11.0. The van der Waals surface area contributed by atoms with Gasteiger partial charge in [0.25, 0.3) is 0 Å². The van der Waals surface area contributed by atoms with Crippen LogP contribution in [0.1, 0.15) is 64.7 Å². The number of carboxylic acids is 1. The van der Waals surface area contributed by atoms with E-state index in [0.717, 1.165) is 39.8 Å². The topological polar surface area (TPSA) is 72.5 Å². The summed E-state index contributed by atoms with van der Waals surface area (Å²) in [6.07, 6.45) is 0.928. The van der Waals surface area contributed by atoms with E-state index in [-0.39, 0.29) is 24.4 Å². The van der Waals surface area contributed by atoms with E-state index in [4.69, 9.17) is 33.7 Å². The van der Waals surface area contributed by atoms with Gasteiger partial charge in [0.1, 0.15) is 12.4 Å². The Morgan fingerprint density at radius 2 is 1.81 bits per heavy atom. The summed E-state index contributed by atoms with van der Waals surface area (Å²) in [5, 5.41) is 10.5. The molecule has 192 valence electrons. The summed E-state index contributed by atoms with van der Waals surface area (Å²) in [5.41, 5.74) is 13.0. The minimum Gasteiger partial charge on any atom is -0.489 e. The normalized spacial score (nSPS) is 17.4. The molecule has 0 aromatic heterocycles. The Hall–Kier alpha value is -3.21. The van der Waals surface area contributed by atoms with Gasteiger partial charge in [-0.3, -0.25) is 0 Å². The number of hydrogen-bond donors (Lipinski definition) is 2. The fraction of sp³-hybridized carbons (Fsp3) is 0.258. The molecule has 1 fully saturated rings. The molecule has 3 aromatic rings. The quantitative estimate of drug-likeness (QED) is 0.270. The zero-order valence-electron chi connectivity index (χ0n) is 21.2. The fourth-order valence-electron chi connectivity index (χ4n) is 4.72. The average molecular weight is 536 g/mol. The molecule has 3 N–H and O–H groups in total. The first kappa shape index (κ1) is 26.8. The standard InChI is InChI=1S/C31H31Cl2NO3/c1-17(2)30(34)26(19(4)29-18(3)7-5-10-27(29)32)16-37-22-11-12-23(28(33)14-22)25-15-24(25)20-8-6-9-21(13-20)31(35)36/h5-14,17,24-25H,4,15-16,34H2,1-3H3,(H,35,36)/b30-26-. The van der Waals surface area contributed by atoms with Gasteiger partial charge in [0, 0.05) is 26.9 Å². The maximum Gasteiger partial charge on any atom is 0.335 e. The van der Waals surface area contributed by atoms with Crippen LogP contribution in [0.3, 0.4) is 0 Å². The molecule has 3 aromatic carbocycles. The van der Waals surface area contributed by atoms with Crippen LogP contribution in [0, 0.1) is 12.8 Å². The van der Waals surface area contributed by atoms with Gasteiger partial charge in [-0.1, -0.05) is 74.0 Å². The first-order valence-corrected chi connectivity index (χ1v) is 13.0. The number of aryl methyl sites for hydroxylation is 1. The van der Waals surface area contributed by atoms with E-state index >= 15 is 0 Å². The van der Waals surface area contributed by atoms with Crippen LogP contribution in [0.4, 0.5) is 0 Å². The van der Waals surface area contributed by atoms with E-state index in [1.807, 2.05) is 63.2 Å². The number of halogens is 2. The Balaban J connectivity index is 1.51. The molecule has 37 heavy (non-hydrogen) atoms. The van der Waals surface area contributed by atoms with Gasteiger partial charge in [-0.25, -0.2) is 4.79 Å². The number of ether oxygens (including phenoxy) is 1. The van der Waals surface area contributed by atoms with Crippen molar-refractivity contribution in [2.24, 2.45) is 11.7 Å². The molecule has 4 rings (SSSR count). The number of benzene rings is 3. The predicted octanol–water partition coefficient (Wildman–Crippen LogP) is 8.23. The largest absolute Gasteiger partial charge is 0.489 e. The Morgan fingerprint density at radius 1 is 1.08 bits per heavy atom. The number of carbonyl (C=O) groups is 1. The Morgan fingerprint density at radius 3 is 2.46 bits per heavy atom. The SMILES string of the molecule is C=C(/C(COc1ccc(C2CC2c2cccc(C(=O)O)c2)c(Cl)c1)=C(\N)C(C)C)c1c(C)cccc1Cl. The van der Waals surface area contributed by atoms with E-state index in [9.17, 15) is 9.90 Å². The maximum atomic E-state index is 11.3. The third-order valence-electron chi connectivity index (χ3n) is 6.97. The van der Waals surface area contributed by atoms with Crippen molar-refractivity contribution in [1.82, 2.24) is 0 Å². The number of allylic oxidation sites excluding steroid dienone is 1. The van der Waals surface area contributed by atoms with Crippen molar-refractivity contribution >= 4 is 34.7 Å². The molecule has 0 aliphatic heterocycles. The molecule has 2 atom stereocenters. The van der Waals surface area contributed by atoms with Crippen LogP contribution in [0.15, 0.2) is 78.5 Å². The van der Waals surface area contributed by atoms with Gasteiger partial charge in [0.15, 0.2) is 0 Å². The zero-order valence-corrected chi connectivity index (χ0v) is 22.7. The molecule has 0 heterocycles. The van der Waals surface area contributed by atoms with E-state index in [2.05, 4.69) is 6.58 Å². The highest BCUT2D eigenvalue weighted by Crippen LogP contribution is 2.56. The number of aromatic carboxylic acids is 1. The van der Waals surface area contributed by atoms with Crippen molar-refractivity contribution in [1.29, 1.82) is 0 Å². The Kier molecular flexibility index (Phi) is 8.01. The van der Waals surface area contributed by atoms with Crippen LogP contribution in [-0.2, 0) is 0 Å². The summed E-state index contributed by atoms with van der Waals surface area (Å²) in [7, 11) is 0. The molecular weight excluding hydrogens is 505 g/mol. The molecule has 0 bridgehead atoms. The van der Waals surface area contributed by atoms with Crippen molar-refractivity contribution < 1.29 is 14.6 Å². The minimum absolute atomic E-state index is 0.107. The lowest BCUT2D eigenvalue weighted by Gasteiger charge is -2.20. The minimum atomic E-state index is -0.919. The third kappa shape index (κ3) is 5.87. The van der Waals surface area contributed by atoms with Crippen molar-refractivity contribution in [2.45, 2.75) is 39.0 Å². The van der Waals surface area contributed by atoms with Gasteiger partial charge in [-0.15, -0.1) is 0 Å². The number of hydrogen-bond acceptors (Lipinski definition) is 3. The molecule has 0 saturated heterocycles. The number of nitrogens with two attached hydrogens (primary N) is 1.